The van der Waals surface area contributed by atoms with E-state index >= 15 is 0 Å². The van der Waals surface area contributed by atoms with Crippen molar-refractivity contribution in [1.29, 1.82) is 0 Å². The van der Waals surface area contributed by atoms with Gasteiger partial charge in [0.25, 0.3) is 11.5 Å². The number of aryl methyl sites for hydroxylation is 1. The quantitative estimate of drug-likeness (QED) is 0.714. The monoisotopic (exact) mass is 370 g/mol. The van der Waals surface area contributed by atoms with E-state index in [4.69, 9.17) is 19.7 Å². The van der Waals surface area contributed by atoms with Crippen molar-refractivity contribution >= 4 is 11.6 Å². The molecule has 0 aliphatic carbocycles. The first-order valence-corrected chi connectivity index (χ1v) is 8.42. The number of aliphatic carboxylic acids is 1. The number of carboxylic acids is 1. The van der Waals surface area contributed by atoms with Gasteiger partial charge >= 0.3 is 0 Å². The van der Waals surface area contributed by atoms with E-state index in [0.717, 1.165) is 12.5 Å². The Morgan fingerprint density at radius 3 is 2.48 bits per heavy atom. The second kappa shape index (κ2) is 9.49. The first-order valence-electron chi connectivity index (χ1n) is 8.42. The van der Waals surface area contributed by atoms with Crippen LogP contribution in [0.4, 0.5) is 0 Å². The molecule has 3 rings (SSSR count). The predicted molar refractivity (Wildman–Crippen MR) is 101 cm³/mol. The summed E-state index contributed by atoms with van der Waals surface area (Å²) in [6.45, 7) is 3.20. The number of pyridine rings is 1. The Bertz CT molecular complexity index is 963. The maximum absolute atomic E-state index is 12.5. The van der Waals surface area contributed by atoms with E-state index in [1.54, 1.807) is 25.3 Å². The molecule has 2 heterocycles. The highest BCUT2D eigenvalue weighted by molar-refractivity contribution is 5.63. The minimum atomic E-state index is -0.833. The smallest absolute Gasteiger partial charge is 0.300 e. The molecule has 0 bridgehead atoms. The van der Waals surface area contributed by atoms with Crippen molar-refractivity contribution in [2.24, 2.45) is 0 Å². The van der Waals surface area contributed by atoms with Gasteiger partial charge < -0.3 is 14.9 Å². The molecule has 0 aliphatic heterocycles. The molecule has 1 aromatic carbocycles. The average Bonchev–Trinajstić information content (AvgIpc) is 2.64. The molecule has 7 nitrogen and oxygen atoms in total. The zero-order valence-corrected chi connectivity index (χ0v) is 15.3. The average molecular weight is 370 g/mol. The summed E-state index contributed by atoms with van der Waals surface area (Å²) in [7, 11) is 0. The van der Waals surface area contributed by atoms with Crippen LogP contribution < -0.4 is 10.3 Å². The van der Waals surface area contributed by atoms with E-state index in [1.807, 2.05) is 30.3 Å². The number of carboxylic acid groups (broad SMARTS) is 1. The van der Waals surface area contributed by atoms with Gasteiger partial charge in [-0.05, 0) is 24.6 Å². The molecule has 0 atom stereocenters. The molecular weight excluding hydrogens is 348 g/mol. The van der Waals surface area contributed by atoms with Gasteiger partial charge in [-0.1, -0.05) is 30.3 Å². The van der Waals surface area contributed by atoms with Gasteiger partial charge in [0, 0.05) is 37.4 Å². The van der Waals surface area contributed by atoms with Crippen molar-refractivity contribution < 1.29 is 19.7 Å². The van der Waals surface area contributed by atoms with Crippen LogP contribution in [0.3, 0.4) is 0 Å². The predicted octanol–water partition coefficient (Wildman–Crippen LogP) is 2.21. The number of carbonyl (C=O) groups is 1. The number of hydrogen-bond donors (Lipinski definition) is 2. The molecule has 0 saturated heterocycles. The number of nitrogens with zero attached hydrogens (tertiary/aromatic N) is 2. The van der Waals surface area contributed by atoms with E-state index in [1.165, 1.54) is 4.40 Å². The Balaban J connectivity index is 0.000000596. The van der Waals surface area contributed by atoms with E-state index in [9.17, 15) is 4.79 Å². The lowest BCUT2D eigenvalue weighted by molar-refractivity contribution is -0.134. The summed E-state index contributed by atoms with van der Waals surface area (Å²) in [5.41, 5.74) is 2.54. The fraction of sp³-hybridized carbons (Fsp3) is 0.250. The van der Waals surface area contributed by atoms with Gasteiger partial charge in [0.15, 0.2) is 11.4 Å². The van der Waals surface area contributed by atoms with Gasteiger partial charge in [-0.25, -0.2) is 4.98 Å². The van der Waals surface area contributed by atoms with E-state index in [-0.39, 0.29) is 12.2 Å². The molecule has 27 heavy (non-hydrogen) atoms. The van der Waals surface area contributed by atoms with Crippen molar-refractivity contribution in [3.8, 4) is 5.75 Å². The molecule has 7 heteroatoms. The molecule has 0 fully saturated rings. The van der Waals surface area contributed by atoms with Gasteiger partial charge in [-0.2, -0.15) is 0 Å². The molecule has 2 N–H and O–H groups in total. The third kappa shape index (κ3) is 5.39. The molecule has 0 unspecified atom stereocenters. The first-order chi connectivity index (χ1) is 12.9. The van der Waals surface area contributed by atoms with Gasteiger partial charge in [0.05, 0.1) is 0 Å². The molecular formula is C20H22N2O5. The Morgan fingerprint density at radius 1 is 1.19 bits per heavy atom. The lowest BCUT2D eigenvalue weighted by Crippen LogP contribution is -2.22. The number of fused-ring (bicyclic) bond motifs is 1. The largest absolute Gasteiger partial charge is 0.485 e. The summed E-state index contributed by atoms with van der Waals surface area (Å²) in [4.78, 5) is 26.0. The minimum absolute atomic E-state index is 0.0754. The van der Waals surface area contributed by atoms with Crippen molar-refractivity contribution in [3.63, 3.8) is 0 Å². The third-order valence-electron chi connectivity index (χ3n) is 3.72. The van der Waals surface area contributed by atoms with Crippen LogP contribution in [0.25, 0.3) is 5.65 Å². The summed E-state index contributed by atoms with van der Waals surface area (Å²) in [6, 6.07) is 13.4. The highest BCUT2D eigenvalue weighted by Crippen LogP contribution is 2.19. The van der Waals surface area contributed by atoms with Gasteiger partial charge in [-0.15, -0.1) is 0 Å². The van der Waals surface area contributed by atoms with Crippen LogP contribution in [0.1, 0.15) is 23.7 Å². The molecule has 0 radical (unpaired) electrons. The number of aliphatic hydroxyl groups is 1. The maximum Gasteiger partial charge on any atom is 0.300 e. The Labute approximate surface area is 156 Å². The molecule has 2 aromatic heterocycles. The molecule has 0 aliphatic rings. The van der Waals surface area contributed by atoms with Crippen molar-refractivity contribution in [2.75, 3.05) is 6.61 Å². The Kier molecular flexibility index (Phi) is 7.08. The van der Waals surface area contributed by atoms with Gasteiger partial charge in [-0.3, -0.25) is 14.0 Å². The normalized spacial score (nSPS) is 10.2. The topological polar surface area (TPSA) is 101 Å². The van der Waals surface area contributed by atoms with Crippen molar-refractivity contribution in [3.05, 3.63) is 75.8 Å². The zero-order valence-electron chi connectivity index (χ0n) is 15.3. The highest BCUT2D eigenvalue weighted by atomic mass is 16.5. The molecule has 3 aromatic rings. The van der Waals surface area contributed by atoms with Crippen molar-refractivity contribution in [1.82, 2.24) is 9.38 Å². The van der Waals surface area contributed by atoms with Crippen LogP contribution in [-0.2, 0) is 17.8 Å². The maximum atomic E-state index is 12.5. The summed E-state index contributed by atoms with van der Waals surface area (Å²) in [5, 5.41) is 16.5. The molecule has 0 saturated carbocycles. The second-order valence-electron chi connectivity index (χ2n) is 5.81. The van der Waals surface area contributed by atoms with Crippen molar-refractivity contribution in [2.45, 2.75) is 26.9 Å². The number of hydrogen-bond acceptors (Lipinski definition) is 5. The lowest BCUT2D eigenvalue weighted by atomic mass is 10.2. The summed E-state index contributed by atoms with van der Waals surface area (Å²) >= 11 is 0. The number of aliphatic hydroxyl groups excluding tert-OH is 1. The van der Waals surface area contributed by atoms with E-state index < -0.39 is 5.97 Å². The summed E-state index contributed by atoms with van der Waals surface area (Å²) in [5.74, 6) is -0.271. The van der Waals surface area contributed by atoms with Gasteiger partial charge in [0.1, 0.15) is 6.61 Å². The van der Waals surface area contributed by atoms with Crippen LogP contribution >= 0.6 is 0 Å². The Hall–Kier alpha value is -3.19. The highest BCUT2D eigenvalue weighted by Gasteiger charge is 2.12. The SMILES string of the molecule is CC(=O)O.Cc1nc2c(OCc3ccccc3)cccn2c(=O)c1CCO. The molecule has 0 amide bonds. The summed E-state index contributed by atoms with van der Waals surface area (Å²) in [6.07, 6.45) is 1.97. The van der Waals surface area contributed by atoms with Crippen LogP contribution in [-0.4, -0.2) is 32.2 Å². The van der Waals surface area contributed by atoms with Crippen LogP contribution in [0.5, 0.6) is 5.75 Å². The number of rotatable bonds is 5. The minimum Gasteiger partial charge on any atom is -0.485 e. The fourth-order valence-electron chi connectivity index (χ4n) is 2.53. The summed E-state index contributed by atoms with van der Waals surface area (Å²) < 4.78 is 7.31. The lowest BCUT2D eigenvalue weighted by Gasteiger charge is -2.12. The number of aromatic nitrogens is 2. The van der Waals surface area contributed by atoms with Crippen LogP contribution in [0, 0.1) is 6.92 Å². The zero-order chi connectivity index (χ0) is 19.8. The Morgan fingerprint density at radius 2 is 1.85 bits per heavy atom. The molecule has 142 valence electrons. The second-order valence-corrected chi connectivity index (χ2v) is 5.81. The first kappa shape index (κ1) is 20.1. The van der Waals surface area contributed by atoms with E-state index in [2.05, 4.69) is 4.98 Å². The third-order valence-corrected chi connectivity index (χ3v) is 3.72. The number of ether oxygens (including phenoxy) is 1. The standard InChI is InChI=1S/C18H18N2O3.C2H4O2/c1-13-15(9-11-21)18(22)20-10-5-8-16(17(20)19-13)23-12-14-6-3-2-4-7-14;1-2(3)4/h2-8,10,21H,9,11-12H2,1H3;1H3,(H,3,4). The number of benzene rings is 1. The van der Waals surface area contributed by atoms with Gasteiger partial charge in [0.2, 0.25) is 0 Å². The van der Waals surface area contributed by atoms with Crippen LogP contribution in [0.15, 0.2) is 53.5 Å². The molecule has 0 spiro atoms. The van der Waals surface area contributed by atoms with Crippen LogP contribution in [0.2, 0.25) is 0 Å². The van der Waals surface area contributed by atoms with E-state index in [0.29, 0.717) is 35.7 Å². The fourth-order valence-corrected chi connectivity index (χ4v) is 2.53.